The SMILES string of the molecule is Cc1cncc(Nc2ccccc2Nc2ccccc2)c1. The van der Waals surface area contributed by atoms with Gasteiger partial charge >= 0.3 is 0 Å². The van der Waals surface area contributed by atoms with Crippen LogP contribution in [-0.2, 0) is 0 Å². The number of para-hydroxylation sites is 3. The lowest BCUT2D eigenvalue weighted by atomic mass is 10.2. The molecular weight excluding hydrogens is 258 g/mol. The summed E-state index contributed by atoms with van der Waals surface area (Å²) in [6, 6.07) is 20.3. The maximum atomic E-state index is 4.21. The summed E-state index contributed by atoms with van der Waals surface area (Å²) in [5, 5.41) is 6.83. The fourth-order valence-electron chi connectivity index (χ4n) is 2.16. The largest absolute Gasteiger partial charge is 0.354 e. The van der Waals surface area contributed by atoms with E-state index in [1.807, 2.05) is 67.8 Å². The van der Waals surface area contributed by atoms with Crippen LogP contribution in [0.1, 0.15) is 5.56 Å². The van der Waals surface area contributed by atoms with Crippen LogP contribution in [0.4, 0.5) is 22.7 Å². The van der Waals surface area contributed by atoms with Gasteiger partial charge in [-0.25, -0.2) is 0 Å². The standard InChI is InChI=1S/C18H17N3/c1-14-11-16(13-19-12-14)21-18-10-6-5-9-17(18)20-15-7-3-2-4-8-15/h2-13,20-21H,1H3. The van der Waals surface area contributed by atoms with Gasteiger partial charge in [0, 0.05) is 11.9 Å². The predicted octanol–water partition coefficient (Wildman–Crippen LogP) is 4.88. The molecule has 0 amide bonds. The van der Waals surface area contributed by atoms with Crippen molar-refractivity contribution in [1.29, 1.82) is 0 Å². The molecule has 0 saturated carbocycles. The van der Waals surface area contributed by atoms with Gasteiger partial charge in [-0.15, -0.1) is 0 Å². The van der Waals surface area contributed by atoms with Crippen molar-refractivity contribution < 1.29 is 0 Å². The topological polar surface area (TPSA) is 37.0 Å². The molecule has 0 fully saturated rings. The molecule has 0 radical (unpaired) electrons. The van der Waals surface area contributed by atoms with Crippen molar-refractivity contribution in [3.05, 3.63) is 78.6 Å². The second kappa shape index (κ2) is 6.09. The van der Waals surface area contributed by atoms with Crippen molar-refractivity contribution >= 4 is 22.7 Å². The average Bonchev–Trinajstić information content (AvgIpc) is 2.50. The summed E-state index contributed by atoms with van der Waals surface area (Å²) in [5.41, 5.74) is 5.24. The van der Waals surface area contributed by atoms with Crippen LogP contribution in [0.3, 0.4) is 0 Å². The zero-order valence-corrected chi connectivity index (χ0v) is 11.9. The molecule has 2 aromatic carbocycles. The first-order valence-corrected chi connectivity index (χ1v) is 6.91. The zero-order valence-electron chi connectivity index (χ0n) is 11.9. The molecule has 0 spiro atoms. The van der Waals surface area contributed by atoms with Gasteiger partial charge in [-0.1, -0.05) is 30.3 Å². The highest BCUT2D eigenvalue weighted by molar-refractivity contribution is 5.78. The Hall–Kier alpha value is -2.81. The molecular formula is C18H17N3. The van der Waals surface area contributed by atoms with Crippen molar-refractivity contribution in [2.24, 2.45) is 0 Å². The van der Waals surface area contributed by atoms with Crippen molar-refractivity contribution in [1.82, 2.24) is 4.98 Å². The van der Waals surface area contributed by atoms with Crippen LogP contribution in [0.2, 0.25) is 0 Å². The first-order chi connectivity index (χ1) is 10.3. The minimum atomic E-state index is 0.984. The molecule has 0 unspecified atom stereocenters. The van der Waals surface area contributed by atoms with E-state index in [9.17, 15) is 0 Å². The van der Waals surface area contributed by atoms with E-state index < -0.39 is 0 Å². The smallest absolute Gasteiger partial charge is 0.0623 e. The third-order valence-corrected chi connectivity index (χ3v) is 3.13. The van der Waals surface area contributed by atoms with Crippen molar-refractivity contribution in [3.8, 4) is 0 Å². The molecule has 0 aliphatic heterocycles. The van der Waals surface area contributed by atoms with E-state index in [1.165, 1.54) is 0 Å². The lowest BCUT2D eigenvalue weighted by Crippen LogP contribution is -1.97. The van der Waals surface area contributed by atoms with Crippen LogP contribution < -0.4 is 10.6 Å². The number of hydrogen-bond acceptors (Lipinski definition) is 3. The Balaban J connectivity index is 1.86. The van der Waals surface area contributed by atoms with Crippen LogP contribution in [0.5, 0.6) is 0 Å². The van der Waals surface area contributed by atoms with Gasteiger partial charge in [0.2, 0.25) is 0 Å². The number of nitrogens with one attached hydrogen (secondary N) is 2. The lowest BCUT2D eigenvalue weighted by molar-refractivity contribution is 1.26. The van der Waals surface area contributed by atoms with Crippen molar-refractivity contribution in [2.45, 2.75) is 6.92 Å². The highest BCUT2D eigenvalue weighted by atomic mass is 15.0. The van der Waals surface area contributed by atoms with Gasteiger partial charge in [0.15, 0.2) is 0 Å². The third kappa shape index (κ3) is 3.39. The summed E-state index contributed by atoms with van der Waals surface area (Å²) in [7, 11) is 0. The van der Waals surface area contributed by atoms with Crippen LogP contribution in [0, 0.1) is 6.92 Å². The molecule has 0 atom stereocenters. The molecule has 3 aromatic rings. The Bertz CT molecular complexity index is 723. The molecule has 2 N–H and O–H groups in total. The number of anilines is 4. The van der Waals surface area contributed by atoms with Crippen LogP contribution in [-0.4, -0.2) is 4.98 Å². The van der Waals surface area contributed by atoms with Gasteiger partial charge in [0.25, 0.3) is 0 Å². The maximum absolute atomic E-state index is 4.21. The van der Waals surface area contributed by atoms with E-state index in [1.54, 1.807) is 0 Å². The van der Waals surface area contributed by atoms with Gasteiger partial charge in [0.1, 0.15) is 0 Å². The predicted molar refractivity (Wildman–Crippen MR) is 88.4 cm³/mol. The van der Waals surface area contributed by atoms with E-state index in [0.29, 0.717) is 0 Å². The Morgan fingerprint density at radius 3 is 2.00 bits per heavy atom. The molecule has 0 bridgehead atoms. The minimum absolute atomic E-state index is 0.984. The van der Waals surface area contributed by atoms with Gasteiger partial charge in [0.05, 0.1) is 23.3 Å². The molecule has 21 heavy (non-hydrogen) atoms. The maximum Gasteiger partial charge on any atom is 0.0623 e. The summed E-state index contributed by atoms with van der Waals surface area (Å²) in [4.78, 5) is 4.21. The Morgan fingerprint density at radius 1 is 0.714 bits per heavy atom. The number of benzene rings is 2. The minimum Gasteiger partial charge on any atom is -0.354 e. The summed E-state index contributed by atoms with van der Waals surface area (Å²) in [5.74, 6) is 0. The molecule has 3 heteroatoms. The van der Waals surface area contributed by atoms with Gasteiger partial charge < -0.3 is 10.6 Å². The van der Waals surface area contributed by atoms with E-state index in [0.717, 1.165) is 28.3 Å². The first kappa shape index (κ1) is 13.2. The van der Waals surface area contributed by atoms with E-state index in [4.69, 9.17) is 0 Å². The number of pyridine rings is 1. The quantitative estimate of drug-likeness (QED) is 0.712. The highest BCUT2D eigenvalue weighted by Gasteiger charge is 2.03. The fourth-order valence-corrected chi connectivity index (χ4v) is 2.16. The molecule has 0 aliphatic carbocycles. The summed E-state index contributed by atoms with van der Waals surface area (Å²) < 4.78 is 0. The van der Waals surface area contributed by atoms with E-state index in [2.05, 4.69) is 27.8 Å². The van der Waals surface area contributed by atoms with E-state index >= 15 is 0 Å². The molecule has 0 saturated heterocycles. The summed E-state index contributed by atoms with van der Waals surface area (Å²) >= 11 is 0. The molecule has 1 aromatic heterocycles. The number of rotatable bonds is 4. The van der Waals surface area contributed by atoms with Gasteiger partial charge in [-0.05, 0) is 42.8 Å². The number of aryl methyl sites for hydroxylation is 1. The molecule has 1 heterocycles. The van der Waals surface area contributed by atoms with Crippen molar-refractivity contribution in [2.75, 3.05) is 10.6 Å². The van der Waals surface area contributed by atoms with Crippen LogP contribution in [0.25, 0.3) is 0 Å². The number of aromatic nitrogens is 1. The molecule has 0 aliphatic rings. The Labute approximate surface area is 124 Å². The van der Waals surface area contributed by atoms with Gasteiger partial charge in [-0.2, -0.15) is 0 Å². The van der Waals surface area contributed by atoms with Crippen LogP contribution >= 0.6 is 0 Å². The van der Waals surface area contributed by atoms with Crippen LogP contribution in [0.15, 0.2) is 73.1 Å². The average molecular weight is 275 g/mol. The second-order valence-electron chi connectivity index (χ2n) is 4.91. The second-order valence-corrected chi connectivity index (χ2v) is 4.91. The van der Waals surface area contributed by atoms with E-state index in [-0.39, 0.29) is 0 Å². The zero-order chi connectivity index (χ0) is 14.5. The summed E-state index contributed by atoms with van der Waals surface area (Å²) in [6.07, 6.45) is 3.67. The monoisotopic (exact) mass is 275 g/mol. The molecule has 3 nitrogen and oxygen atoms in total. The van der Waals surface area contributed by atoms with Gasteiger partial charge in [-0.3, -0.25) is 4.98 Å². The fraction of sp³-hybridized carbons (Fsp3) is 0.0556. The Kier molecular flexibility index (Phi) is 3.83. The molecule has 104 valence electrons. The first-order valence-electron chi connectivity index (χ1n) is 6.91. The third-order valence-electron chi connectivity index (χ3n) is 3.13. The highest BCUT2D eigenvalue weighted by Crippen LogP contribution is 2.27. The van der Waals surface area contributed by atoms with Crippen molar-refractivity contribution in [3.63, 3.8) is 0 Å². The molecule has 3 rings (SSSR count). The number of hydrogen-bond donors (Lipinski definition) is 2. The summed E-state index contributed by atoms with van der Waals surface area (Å²) in [6.45, 7) is 2.03. The Morgan fingerprint density at radius 2 is 1.33 bits per heavy atom. The normalized spacial score (nSPS) is 10.1. The lowest BCUT2D eigenvalue weighted by Gasteiger charge is -2.14. The number of nitrogens with zero attached hydrogens (tertiary/aromatic N) is 1.